The molecule has 0 radical (unpaired) electrons. The summed E-state index contributed by atoms with van der Waals surface area (Å²) in [4.78, 5) is 27.2. The lowest BCUT2D eigenvalue weighted by molar-refractivity contribution is -0.147. The van der Waals surface area contributed by atoms with Gasteiger partial charge in [-0.15, -0.1) is 0 Å². The largest absolute Gasteiger partial charge is 0.465 e. The summed E-state index contributed by atoms with van der Waals surface area (Å²) in [5.74, 6) is -0.263. The highest BCUT2D eigenvalue weighted by Gasteiger charge is 2.40. The quantitative estimate of drug-likeness (QED) is 0.800. The van der Waals surface area contributed by atoms with Gasteiger partial charge in [-0.25, -0.2) is 0 Å². The number of nitrogens with zero attached hydrogens (tertiary/aromatic N) is 3. The van der Waals surface area contributed by atoms with Crippen molar-refractivity contribution in [3.05, 3.63) is 30.0 Å². The van der Waals surface area contributed by atoms with Crippen molar-refractivity contribution in [3.8, 4) is 0 Å². The lowest BCUT2D eigenvalue weighted by Gasteiger charge is -2.48. The van der Waals surface area contributed by atoms with E-state index in [-0.39, 0.29) is 17.9 Å². The van der Waals surface area contributed by atoms with Gasteiger partial charge in [0, 0.05) is 30.6 Å². The fraction of sp³-hybridized carbons (Fsp3) is 0.571. The minimum atomic E-state index is -0.151. The minimum Gasteiger partial charge on any atom is -0.465 e. The minimum absolute atomic E-state index is 0.112. The van der Waals surface area contributed by atoms with Crippen LogP contribution in [0.15, 0.2) is 24.3 Å². The summed E-state index contributed by atoms with van der Waals surface area (Å²) < 4.78 is 6.89. The van der Waals surface area contributed by atoms with Gasteiger partial charge in [-0.05, 0) is 38.7 Å². The number of fused-ring (bicyclic) bond motifs is 3. The van der Waals surface area contributed by atoms with E-state index in [2.05, 4.69) is 15.3 Å². The lowest BCUT2D eigenvalue weighted by Crippen LogP contribution is -2.58. The molecule has 0 spiro atoms. The number of para-hydroxylation sites is 1. The number of amides is 1. The molecular weight excluding hydrogens is 356 g/mol. The van der Waals surface area contributed by atoms with Crippen molar-refractivity contribution in [2.24, 2.45) is 7.05 Å². The van der Waals surface area contributed by atoms with Gasteiger partial charge in [0.2, 0.25) is 0 Å². The van der Waals surface area contributed by atoms with E-state index in [4.69, 9.17) is 4.74 Å². The van der Waals surface area contributed by atoms with Crippen LogP contribution in [0.1, 0.15) is 49.5 Å². The third-order valence-electron chi connectivity index (χ3n) is 6.05. The molecule has 2 aromatic rings. The first-order valence-electron chi connectivity index (χ1n) is 10.2. The van der Waals surface area contributed by atoms with Gasteiger partial charge in [0.05, 0.1) is 18.7 Å². The van der Waals surface area contributed by atoms with Crippen molar-refractivity contribution < 1.29 is 14.3 Å². The number of nitrogens with one attached hydrogen (secondary N) is 1. The van der Waals surface area contributed by atoms with Gasteiger partial charge in [-0.3, -0.25) is 19.2 Å². The molecule has 150 valence electrons. The number of ether oxygens (including phenoxy) is 1. The number of benzene rings is 1. The molecule has 2 saturated heterocycles. The Morgan fingerprint density at radius 2 is 1.93 bits per heavy atom. The summed E-state index contributed by atoms with van der Waals surface area (Å²) in [7, 11) is 1.86. The van der Waals surface area contributed by atoms with Crippen LogP contribution in [0, 0.1) is 0 Å². The predicted octanol–water partition coefficient (Wildman–Crippen LogP) is 2.25. The topological polar surface area (TPSA) is 76.5 Å². The molecule has 1 unspecified atom stereocenters. The zero-order chi connectivity index (χ0) is 19.7. The molecule has 2 fully saturated rings. The number of esters is 1. The Hall–Kier alpha value is -2.41. The maximum Gasteiger partial charge on any atom is 0.320 e. The van der Waals surface area contributed by atoms with Crippen molar-refractivity contribution in [3.63, 3.8) is 0 Å². The zero-order valence-electron chi connectivity index (χ0n) is 16.6. The molecule has 28 heavy (non-hydrogen) atoms. The molecule has 2 aliphatic heterocycles. The first-order chi connectivity index (χ1) is 13.6. The summed E-state index contributed by atoms with van der Waals surface area (Å²) in [6, 6.07) is 8.55. The summed E-state index contributed by atoms with van der Waals surface area (Å²) in [6.07, 6.45) is 5.04. The number of carbonyl (C=O) groups is 2. The second-order valence-corrected chi connectivity index (χ2v) is 7.85. The van der Waals surface area contributed by atoms with Crippen LogP contribution in [-0.4, -0.2) is 57.8 Å². The van der Waals surface area contributed by atoms with Gasteiger partial charge in [0.15, 0.2) is 5.69 Å². The smallest absolute Gasteiger partial charge is 0.320 e. The van der Waals surface area contributed by atoms with Gasteiger partial charge in [-0.2, -0.15) is 5.10 Å². The average molecular weight is 384 g/mol. The number of aryl methyl sites for hydroxylation is 1. The lowest BCUT2D eigenvalue weighted by atomic mass is 9.81. The van der Waals surface area contributed by atoms with Gasteiger partial charge >= 0.3 is 5.97 Å². The summed E-state index contributed by atoms with van der Waals surface area (Å²) >= 11 is 0. The Balaban J connectivity index is 1.45. The molecule has 7 nitrogen and oxygen atoms in total. The Morgan fingerprint density at radius 1 is 1.21 bits per heavy atom. The van der Waals surface area contributed by atoms with Crippen LogP contribution in [0.5, 0.6) is 0 Å². The SMILES string of the molecule is CCOC(=O)CN1[C@@H]2CCC[C@H]1CC(NC(=O)c1nn(C)c3ccccc13)C2. The third-order valence-corrected chi connectivity index (χ3v) is 6.05. The Morgan fingerprint density at radius 3 is 2.64 bits per heavy atom. The second kappa shape index (κ2) is 7.91. The molecule has 2 bridgehead atoms. The molecule has 3 atom stereocenters. The molecule has 1 aromatic carbocycles. The Labute approximate surface area is 165 Å². The van der Waals surface area contributed by atoms with Crippen LogP contribution < -0.4 is 5.32 Å². The maximum atomic E-state index is 12.9. The normalized spacial score (nSPS) is 24.9. The molecule has 3 heterocycles. The van der Waals surface area contributed by atoms with E-state index in [0.29, 0.717) is 30.9 Å². The fourth-order valence-electron chi connectivity index (χ4n) is 4.85. The van der Waals surface area contributed by atoms with E-state index < -0.39 is 0 Å². The monoisotopic (exact) mass is 384 g/mol. The van der Waals surface area contributed by atoms with Gasteiger partial charge in [0.25, 0.3) is 5.91 Å². The maximum absolute atomic E-state index is 12.9. The van der Waals surface area contributed by atoms with E-state index in [9.17, 15) is 9.59 Å². The van der Waals surface area contributed by atoms with E-state index in [1.165, 1.54) is 6.42 Å². The molecular formula is C21H28N4O3. The highest BCUT2D eigenvalue weighted by Crippen LogP contribution is 2.34. The summed E-state index contributed by atoms with van der Waals surface area (Å²) in [5, 5.41) is 8.52. The van der Waals surface area contributed by atoms with Crippen LogP contribution >= 0.6 is 0 Å². The second-order valence-electron chi connectivity index (χ2n) is 7.85. The Bertz CT molecular complexity index is 864. The third kappa shape index (κ3) is 3.63. The number of hydrogen-bond acceptors (Lipinski definition) is 5. The van der Waals surface area contributed by atoms with Gasteiger partial charge < -0.3 is 10.1 Å². The highest BCUT2D eigenvalue weighted by molar-refractivity contribution is 6.04. The molecule has 1 amide bonds. The van der Waals surface area contributed by atoms with E-state index in [1.807, 2.05) is 38.2 Å². The molecule has 0 saturated carbocycles. The number of piperidine rings is 2. The van der Waals surface area contributed by atoms with Crippen molar-refractivity contribution >= 4 is 22.8 Å². The van der Waals surface area contributed by atoms with Crippen molar-refractivity contribution in [2.45, 2.75) is 57.2 Å². The molecule has 4 rings (SSSR count). The number of aromatic nitrogens is 2. The van der Waals surface area contributed by atoms with Gasteiger partial charge in [-0.1, -0.05) is 24.6 Å². The Kier molecular flexibility index (Phi) is 5.35. The summed E-state index contributed by atoms with van der Waals surface area (Å²) in [6.45, 7) is 2.61. The van der Waals surface area contributed by atoms with Crippen LogP contribution in [-0.2, 0) is 16.6 Å². The average Bonchev–Trinajstić information content (AvgIpc) is 3.00. The molecule has 1 N–H and O–H groups in total. The van der Waals surface area contributed by atoms with E-state index >= 15 is 0 Å². The number of hydrogen-bond donors (Lipinski definition) is 1. The predicted molar refractivity (Wildman–Crippen MR) is 106 cm³/mol. The number of rotatable bonds is 5. The van der Waals surface area contributed by atoms with Crippen LogP contribution in [0.4, 0.5) is 0 Å². The van der Waals surface area contributed by atoms with Crippen LogP contribution in [0.2, 0.25) is 0 Å². The van der Waals surface area contributed by atoms with Gasteiger partial charge in [0.1, 0.15) is 0 Å². The number of carbonyl (C=O) groups excluding carboxylic acids is 2. The highest BCUT2D eigenvalue weighted by atomic mass is 16.5. The summed E-state index contributed by atoms with van der Waals surface area (Å²) in [5.41, 5.74) is 1.44. The standard InChI is InChI=1S/C21H28N4O3/c1-3-28-19(26)13-25-15-7-6-8-16(25)12-14(11-15)22-21(27)20-17-9-4-5-10-18(17)24(2)23-20/h4-5,9-10,14-16H,3,6-8,11-13H2,1-2H3,(H,22,27)/t14?,15-,16+. The van der Waals surface area contributed by atoms with E-state index in [1.54, 1.807) is 4.68 Å². The fourth-order valence-corrected chi connectivity index (χ4v) is 4.85. The first-order valence-corrected chi connectivity index (χ1v) is 10.2. The molecule has 7 heteroatoms. The van der Waals surface area contributed by atoms with E-state index in [0.717, 1.165) is 36.6 Å². The van der Waals surface area contributed by atoms with Crippen LogP contribution in [0.25, 0.3) is 10.9 Å². The first kappa shape index (κ1) is 18.9. The van der Waals surface area contributed by atoms with Crippen molar-refractivity contribution in [1.29, 1.82) is 0 Å². The van der Waals surface area contributed by atoms with Crippen LogP contribution in [0.3, 0.4) is 0 Å². The molecule has 0 aliphatic carbocycles. The molecule has 2 aliphatic rings. The van der Waals surface area contributed by atoms with Crippen molar-refractivity contribution in [2.75, 3.05) is 13.2 Å². The zero-order valence-corrected chi connectivity index (χ0v) is 16.6. The van der Waals surface area contributed by atoms with Crippen molar-refractivity contribution in [1.82, 2.24) is 20.0 Å². The molecule has 1 aromatic heterocycles.